The smallest absolute Gasteiger partial charge is 0.241 e. The van der Waals surface area contributed by atoms with Gasteiger partial charge in [0.1, 0.15) is 10.9 Å². The van der Waals surface area contributed by atoms with Crippen LogP contribution in [0, 0.1) is 6.92 Å². The predicted octanol–water partition coefficient (Wildman–Crippen LogP) is 3.43. The summed E-state index contributed by atoms with van der Waals surface area (Å²) in [6, 6.07) is 12.1. The molecule has 0 aliphatic carbocycles. The van der Waals surface area contributed by atoms with Crippen molar-refractivity contribution in [2.45, 2.75) is 20.0 Å². The summed E-state index contributed by atoms with van der Waals surface area (Å²) in [6.45, 7) is 4.03. The van der Waals surface area contributed by atoms with Gasteiger partial charge in [-0.2, -0.15) is 4.98 Å². The summed E-state index contributed by atoms with van der Waals surface area (Å²) in [7, 11) is 0. The Morgan fingerprint density at radius 2 is 2.00 bits per heavy atom. The van der Waals surface area contributed by atoms with Crippen LogP contribution in [0.3, 0.4) is 0 Å². The second kappa shape index (κ2) is 5.67. The van der Waals surface area contributed by atoms with E-state index in [-0.39, 0.29) is 6.10 Å². The molecule has 0 bridgehead atoms. The van der Waals surface area contributed by atoms with Gasteiger partial charge in [-0.05, 0) is 25.5 Å². The van der Waals surface area contributed by atoms with E-state index in [9.17, 15) is 0 Å². The van der Waals surface area contributed by atoms with Gasteiger partial charge in [-0.15, -0.1) is 11.3 Å². The van der Waals surface area contributed by atoms with E-state index in [4.69, 9.17) is 10.6 Å². The normalized spacial score (nSPS) is 12.3. The van der Waals surface area contributed by atoms with Crippen molar-refractivity contribution in [3.8, 4) is 5.88 Å². The van der Waals surface area contributed by atoms with E-state index in [0.717, 1.165) is 20.7 Å². The van der Waals surface area contributed by atoms with Gasteiger partial charge in [0.2, 0.25) is 11.8 Å². The van der Waals surface area contributed by atoms with Gasteiger partial charge in [0.25, 0.3) is 0 Å². The minimum atomic E-state index is -0.102. The molecule has 1 unspecified atom stereocenters. The molecule has 3 N–H and O–H groups in total. The van der Waals surface area contributed by atoms with Crippen LogP contribution >= 0.6 is 11.3 Å². The average Bonchev–Trinajstić information content (AvgIpc) is 2.88. The van der Waals surface area contributed by atoms with Crippen molar-refractivity contribution < 1.29 is 4.74 Å². The van der Waals surface area contributed by atoms with E-state index in [1.807, 2.05) is 50.2 Å². The van der Waals surface area contributed by atoms with Crippen LogP contribution in [0.15, 0.2) is 36.4 Å². The lowest BCUT2D eigenvalue weighted by Gasteiger charge is -2.15. The second-order valence-corrected chi connectivity index (χ2v) is 5.98. The number of benzene rings is 1. The number of nitrogen functional groups attached to an aromatic ring is 1. The number of nitrogens with zero attached hydrogens (tertiary/aromatic N) is 2. The third kappa shape index (κ3) is 2.81. The van der Waals surface area contributed by atoms with E-state index in [2.05, 4.69) is 15.4 Å². The Morgan fingerprint density at radius 3 is 2.71 bits per heavy atom. The molecule has 0 saturated carbocycles. The van der Waals surface area contributed by atoms with Crippen molar-refractivity contribution in [1.82, 2.24) is 9.97 Å². The Bertz CT molecular complexity index is 757. The van der Waals surface area contributed by atoms with E-state index in [1.54, 1.807) is 11.3 Å². The van der Waals surface area contributed by atoms with Gasteiger partial charge in [0.15, 0.2) is 0 Å². The molecule has 0 aliphatic heterocycles. The zero-order valence-electron chi connectivity index (χ0n) is 11.8. The van der Waals surface area contributed by atoms with Crippen molar-refractivity contribution in [3.63, 3.8) is 0 Å². The first-order valence-electron chi connectivity index (χ1n) is 6.64. The molecule has 21 heavy (non-hydrogen) atoms. The number of anilines is 1. The van der Waals surface area contributed by atoms with Gasteiger partial charge in [0, 0.05) is 4.88 Å². The molecule has 0 spiro atoms. The molecule has 108 valence electrons. The number of fused-ring (bicyclic) bond motifs is 1. The van der Waals surface area contributed by atoms with Crippen LogP contribution in [0.5, 0.6) is 5.88 Å². The number of aromatic nitrogens is 2. The molecular formula is C15H16N4OS. The quantitative estimate of drug-likeness (QED) is 0.570. The summed E-state index contributed by atoms with van der Waals surface area (Å²) in [5.74, 6) is 6.34. The first kappa shape index (κ1) is 13.8. The SMILES string of the molecule is Cc1cc2c(OC(C)c3ccccc3)nc(NN)nc2s1. The summed E-state index contributed by atoms with van der Waals surface area (Å²) >= 11 is 1.59. The minimum Gasteiger partial charge on any atom is -0.469 e. The Kier molecular flexibility index (Phi) is 3.72. The van der Waals surface area contributed by atoms with Crippen molar-refractivity contribution in [3.05, 3.63) is 46.8 Å². The third-order valence-corrected chi connectivity index (χ3v) is 4.11. The highest BCUT2D eigenvalue weighted by Crippen LogP contribution is 2.33. The van der Waals surface area contributed by atoms with Crippen molar-refractivity contribution in [2.75, 3.05) is 5.43 Å². The molecule has 5 nitrogen and oxygen atoms in total. The monoisotopic (exact) mass is 300 g/mol. The van der Waals surface area contributed by atoms with Crippen molar-refractivity contribution in [1.29, 1.82) is 0 Å². The zero-order chi connectivity index (χ0) is 14.8. The number of ether oxygens (including phenoxy) is 1. The lowest BCUT2D eigenvalue weighted by molar-refractivity contribution is 0.221. The molecule has 6 heteroatoms. The fourth-order valence-electron chi connectivity index (χ4n) is 2.13. The Hall–Kier alpha value is -2.18. The van der Waals surface area contributed by atoms with E-state index >= 15 is 0 Å². The van der Waals surface area contributed by atoms with Crippen molar-refractivity contribution >= 4 is 27.5 Å². The van der Waals surface area contributed by atoms with Crippen LogP contribution < -0.4 is 16.0 Å². The molecule has 0 amide bonds. The number of hydrogen-bond donors (Lipinski definition) is 2. The number of rotatable bonds is 4. The molecule has 2 aromatic heterocycles. The average molecular weight is 300 g/mol. The Labute approximate surface area is 126 Å². The van der Waals surface area contributed by atoms with E-state index in [0.29, 0.717) is 11.8 Å². The fraction of sp³-hybridized carbons (Fsp3) is 0.200. The fourth-order valence-corrected chi connectivity index (χ4v) is 3.00. The van der Waals surface area contributed by atoms with Gasteiger partial charge in [0.05, 0.1) is 5.39 Å². The largest absolute Gasteiger partial charge is 0.469 e. The molecule has 3 aromatic rings. The summed E-state index contributed by atoms with van der Waals surface area (Å²) in [5.41, 5.74) is 3.58. The lowest BCUT2D eigenvalue weighted by atomic mass is 10.1. The number of nitrogens with one attached hydrogen (secondary N) is 1. The van der Waals surface area contributed by atoms with Crippen molar-refractivity contribution in [2.24, 2.45) is 5.84 Å². The maximum Gasteiger partial charge on any atom is 0.241 e. The van der Waals surface area contributed by atoms with Gasteiger partial charge in [-0.3, -0.25) is 5.43 Å². The van der Waals surface area contributed by atoms with Gasteiger partial charge in [-0.25, -0.2) is 10.8 Å². The first-order valence-corrected chi connectivity index (χ1v) is 7.45. The molecular weight excluding hydrogens is 284 g/mol. The van der Waals surface area contributed by atoms with E-state index < -0.39 is 0 Å². The highest BCUT2D eigenvalue weighted by Gasteiger charge is 2.15. The van der Waals surface area contributed by atoms with Gasteiger partial charge in [-0.1, -0.05) is 30.3 Å². The number of thiophene rings is 1. The minimum absolute atomic E-state index is 0.102. The second-order valence-electron chi connectivity index (χ2n) is 4.74. The molecule has 0 aliphatic rings. The molecule has 3 rings (SSSR count). The lowest BCUT2D eigenvalue weighted by Crippen LogP contribution is -2.12. The molecule has 0 saturated heterocycles. The number of hydrogen-bond acceptors (Lipinski definition) is 6. The maximum atomic E-state index is 6.03. The summed E-state index contributed by atoms with van der Waals surface area (Å²) < 4.78 is 6.03. The van der Waals surface area contributed by atoms with Gasteiger partial charge >= 0.3 is 0 Å². The van der Waals surface area contributed by atoms with Crippen LogP contribution in [-0.2, 0) is 0 Å². The van der Waals surface area contributed by atoms with Crippen LogP contribution in [0.2, 0.25) is 0 Å². The summed E-state index contributed by atoms with van der Waals surface area (Å²) in [4.78, 5) is 10.7. The van der Waals surface area contributed by atoms with Gasteiger partial charge < -0.3 is 4.74 Å². The van der Waals surface area contributed by atoms with E-state index in [1.165, 1.54) is 0 Å². The van der Waals surface area contributed by atoms with Crippen LogP contribution in [0.25, 0.3) is 10.2 Å². The van der Waals surface area contributed by atoms with Crippen LogP contribution in [0.4, 0.5) is 5.95 Å². The maximum absolute atomic E-state index is 6.03. The topological polar surface area (TPSA) is 73.1 Å². The summed E-state index contributed by atoms with van der Waals surface area (Å²) in [6.07, 6.45) is -0.102. The highest BCUT2D eigenvalue weighted by atomic mass is 32.1. The number of aryl methyl sites for hydroxylation is 1. The standard InChI is InChI=1S/C15H16N4OS/c1-9-8-12-13(17-15(19-16)18-14(12)21-9)20-10(2)11-6-4-3-5-7-11/h3-8,10H,16H2,1-2H3,(H,17,18,19). The van der Waals surface area contributed by atoms with Crippen LogP contribution in [-0.4, -0.2) is 9.97 Å². The number of hydrazine groups is 1. The summed E-state index contributed by atoms with van der Waals surface area (Å²) in [5, 5.41) is 0.916. The molecule has 1 aromatic carbocycles. The Morgan fingerprint density at radius 1 is 1.24 bits per heavy atom. The Balaban J connectivity index is 1.99. The molecule has 2 heterocycles. The molecule has 1 atom stereocenters. The number of nitrogens with two attached hydrogens (primary N) is 1. The third-order valence-electron chi connectivity index (χ3n) is 3.17. The van der Waals surface area contributed by atoms with Crippen LogP contribution in [0.1, 0.15) is 23.5 Å². The molecule has 0 fully saturated rings. The molecule has 0 radical (unpaired) electrons. The first-order chi connectivity index (χ1) is 10.2. The predicted molar refractivity (Wildman–Crippen MR) is 85.4 cm³/mol. The zero-order valence-corrected chi connectivity index (χ0v) is 12.6. The highest BCUT2D eigenvalue weighted by molar-refractivity contribution is 7.18.